The molecule has 2 aliphatic heterocycles. The minimum Gasteiger partial charge on any atom is -0.354 e. The molecule has 4 rings (SSSR count). The van der Waals surface area contributed by atoms with Crippen LogP contribution in [-0.2, 0) is 11.3 Å². The monoisotopic (exact) mass is 326 g/mol. The maximum absolute atomic E-state index is 12.3. The van der Waals surface area contributed by atoms with Crippen LogP contribution in [0.2, 0.25) is 0 Å². The van der Waals surface area contributed by atoms with Crippen LogP contribution in [0.5, 0.6) is 0 Å². The molecule has 2 bridgehead atoms. The van der Waals surface area contributed by atoms with E-state index in [0.29, 0.717) is 31.0 Å². The van der Waals surface area contributed by atoms with Crippen molar-refractivity contribution in [2.24, 2.45) is 5.92 Å². The molecule has 24 heavy (non-hydrogen) atoms. The highest BCUT2D eigenvalue weighted by Gasteiger charge is 2.34. The lowest BCUT2D eigenvalue weighted by Crippen LogP contribution is -2.40. The van der Waals surface area contributed by atoms with Crippen LogP contribution in [0.15, 0.2) is 24.3 Å². The number of piperidine rings is 1. The minimum atomic E-state index is 0.198. The lowest BCUT2D eigenvalue weighted by Gasteiger charge is -2.28. The number of hydrogen-bond acceptors (Lipinski definition) is 3. The van der Waals surface area contributed by atoms with Crippen LogP contribution in [0.4, 0.5) is 0 Å². The van der Waals surface area contributed by atoms with Gasteiger partial charge in [0, 0.05) is 31.6 Å². The normalized spacial score (nSPS) is 26.0. The Labute approximate surface area is 142 Å². The molecule has 0 aliphatic carbocycles. The number of nitrogens with one attached hydrogen (secondary N) is 2. The highest BCUT2D eigenvalue weighted by atomic mass is 16.1. The summed E-state index contributed by atoms with van der Waals surface area (Å²) in [6, 6.07) is 9.46. The van der Waals surface area contributed by atoms with E-state index in [2.05, 4.69) is 26.3 Å². The van der Waals surface area contributed by atoms with E-state index in [-0.39, 0.29) is 5.91 Å². The van der Waals surface area contributed by atoms with Crippen molar-refractivity contribution in [2.75, 3.05) is 6.54 Å². The van der Waals surface area contributed by atoms with Crippen LogP contribution in [0.1, 0.15) is 37.9 Å². The Kier molecular flexibility index (Phi) is 4.27. The molecule has 2 aliphatic rings. The van der Waals surface area contributed by atoms with Gasteiger partial charge in [0.15, 0.2) is 0 Å². The first-order valence-corrected chi connectivity index (χ1v) is 9.13. The van der Waals surface area contributed by atoms with Gasteiger partial charge in [0.25, 0.3) is 0 Å². The third kappa shape index (κ3) is 3.18. The molecular formula is C19H26N4O. The van der Waals surface area contributed by atoms with Crippen LogP contribution in [0, 0.1) is 12.8 Å². The Morgan fingerprint density at radius 3 is 2.83 bits per heavy atom. The Morgan fingerprint density at radius 2 is 2.04 bits per heavy atom. The number of carbonyl (C=O) groups excluding carboxylic acids is 1. The average molecular weight is 326 g/mol. The summed E-state index contributed by atoms with van der Waals surface area (Å²) >= 11 is 0. The summed E-state index contributed by atoms with van der Waals surface area (Å²) in [4.78, 5) is 16.8. The van der Waals surface area contributed by atoms with Gasteiger partial charge >= 0.3 is 0 Å². The second-order valence-electron chi connectivity index (χ2n) is 7.33. The summed E-state index contributed by atoms with van der Waals surface area (Å²) in [6.45, 7) is 3.46. The number of benzene rings is 1. The van der Waals surface area contributed by atoms with Crippen molar-refractivity contribution < 1.29 is 4.79 Å². The lowest BCUT2D eigenvalue weighted by molar-refractivity contribution is -0.122. The van der Waals surface area contributed by atoms with E-state index in [1.807, 2.05) is 25.1 Å². The fourth-order valence-corrected chi connectivity index (χ4v) is 4.46. The van der Waals surface area contributed by atoms with Crippen molar-refractivity contribution in [1.82, 2.24) is 20.2 Å². The standard InChI is InChI=1S/C19H26N4O/c1-13-21-17-4-2-3-5-18(17)23(13)9-8-20-19(24)12-14-10-15-6-7-16(11-14)22-15/h2-5,14-16,22H,6-12H2,1H3,(H,20,24). The predicted octanol–water partition coefficient (Wildman–Crippen LogP) is 2.38. The molecule has 2 aromatic rings. The van der Waals surface area contributed by atoms with Gasteiger partial charge in [-0.25, -0.2) is 4.98 Å². The molecule has 1 aromatic carbocycles. The van der Waals surface area contributed by atoms with E-state index in [4.69, 9.17) is 0 Å². The minimum absolute atomic E-state index is 0.198. The van der Waals surface area contributed by atoms with Gasteiger partial charge in [-0.1, -0.05) is 12.1 Å². The van der Waals surface area contributed by atoms with Gasteiger partial charge in [-0.3, -0.25) is 4.79 Å². The number of hydrogen-bond donors (Lipinski definition) is 2. The van der Waals surface area contributed by atoms with Crippen LogP contribution >= 0.6 is 0 Å². The third-order valence-electron chi connectivity index (χ3n) is 5.55. The molecule has 2 fully saturated rings. The average Bonchev–Trinajstić information content (AvgIpc) is 3.07. The zero-order chi connectivity index (χ0) is 16.5. The van der Waals surface area contributed by atoms with E-state index in [1.54, 1.807) is 0 Å². The maximum Gasteiger partial charge on any atom is 0.220 e. The van der Waals surface area contributed by atoms with Gasteiger partial charge in [0.2, 0.25) is 5.91 Å². The number of nitrogens with zero attached hydrogens (tertiary/aromatic N) is 2. The number of aryl methyl sites for hydroxylation is 1. The molecule has 0 spiro atoms. The van der Waals surface area contributed by atoms with Crippen LogP contribution < -0.4 is 10.6 Å². The Bertz CT molecular complexity index is 726. The fraction of sp³-hybridized carbons (Fsp3) is 0.579. The Hall–Kier alpha value is -1.88. The highest BCUT2D eigenvalue weighted by molar-refractivity contribution is 5.77. The molecule has 128 valence electrons. The topological polar surface area (TPSA) is 59.0 Å². The Balaban J connectivity index is 1.29. The molecule has 5 nitrogen and oxygen atoms in total. The first-order chi connectivity index (χ1) is 11.7. The van der Waals surface area contributed by atoms with Crippen molar-refractivity contribution in [3.63, 3.8) is 0 Å². The summed E-state index contributed by atoms with van der Waals surface area (Å²) in [5.41, 5.74) is 2.16. The maximum atomic E-state index is 12.3. The number of imidazole rings is 1. The smallest absolute Gasteiger partial charge is 0.220 e. The summed E-state index contributed by atoms with van der Waals surface area (Å²) in [6.07, 6.45) is 5.58. The van der Waals surface area contributed by atoms with E-state index < -0.39 is 0 Å². The first-order valence-electron chi connectivity index (χ1n) is 9.13. The predicted molar refractivity (Wildman–Crippen MR) is 94.8 cm³/mol. The largest absolute Gasteiger partial charge is 0.354 e. The summed E-state index contributed by atoms with van der Waals surface area (Å²) < 4.78 is 2.18. The SMILES string of the molecule is Cc1nc2ccccc2n1CCNC(=O)CC1CC2CCC(C1)N2. The molecule has 2 N–H and O–H groups in total. The second-order valence-corrected chi connectivity index (χ2v) is 7.33. The molecule has 1 aromatic heterocycles. The van der Waals surface area contributed by atoms with E-state index in [9.17, 15) is 4.79 Å². The zero-order valence-electron chi connectivity index (χ0n) is 14.3. The van der Waals surface area contributed by atoms with E-state index in [0.717, 1.165) is 36.2 Å². The van der Waals surface area contributed by atoms with Crippen molar-refractivity contribution in [3.05, 3.63) is 30.1 Å². The molecule has 0 saturated carbocycles. The van der Waals surface area contributed by atoms with Gasteiger partial charge < -0.3 is 15.2 Å². The molecule has 3 heterocycles. The highest BCUT2D eigenvalue weighted by Crippen LogP contribution is 2.32. The summed E-state index contributed by atoms with van der Waals surface area (Å²) in [5.74, 6) is 1.75. The molecule has 1 amide bonds. The summed E-state index contributed by atoms with van der Waals surface area (Å²) in [7, 11) is 0. The van der Waals surface area contributed by atoms with Crippen molar-refractivity contribution in [1.29, 1.82) is 0 Å². The zero-order valence-corrected chi connectivity index (χ0v) is 14.3. The molecular weight excluding hydrogens is 300 g/mol. The number of fused-ring (bicyclic) bond motifs is 3. The molecule has 0 radical (unpaired) electrons. The van der Waals surface area contributed by atoms with Crippen molar-refractivity contribution >= 4 is 16.9 Å². The second kappa shape index (κ2) is 6.55. The fourth-order valence-electron chi connectivity index (χ4n) is 4.46. The van der Waals surface area contributed by atoms with Gasteiger partial charge in [-0.15, -0.1) is 0 Å². The van der Waals surface area contributed by atoms with E-state index in [1.165, 1.54) is 12.8 Å². The number of carbonyl (C=O) groups is 1. The lowest BCUT2D eigenvalue weighted by atomic mass is 9.89. The van der Waals surface area contributed by atoms with E-state index >= 15 is 0 Å². The van der Waals surface area contributed by atoms with Gasteiger partial charge in [0.05, 0.1) is 11.0 Å². The number of rotatable bonds is 5. The number of amides is 1. The molecule has 2 saturated heterocycles. The first kappa shape index (κ1) is 15.6. The molecule has 2 unspecified atom stereocenters. The van der Waals surface area contributed by atoms with Gasteiger partial charge in [0.1, 0.15) is 5.82 Å². The van der Waals surface area contributed by atoms with Crippen molar-refractivity contribution in [2.45, 2.75) is 57.7 Å². The van der Waals surface area contributed by atoms with Crippen molar-refractivity contribution in [3.8, 4) is 0 Å². The molecule has 5 heteroatoms. The number of aromatic nitrogens is 2. The number of para-hydroxylation sites is 2. The third-order valence-corrected chi connectivity index (χ3v) is 5.55. The van der Waals surface area contributed by atoms with Crippen LogP contribution in [-0.4, -0.2) is 34.1 Å². The van der Waals surface area contributed by atoms with Crippen LogP contribution in [0.25, 0.3) is 11.0 Å². The Morgan fingerprint density at radius 1 is 1.29 bits per heavy atom. The molecule has 2 atom stereocenters. The summed E-state index contributed by atoms with van der Waals surface area (Å²) in [5, 5.41) is 6.74. The van der Waals surface area contributed by atoms with Gasteiger partial charge in [-0.05, 0) is 50.7 Å². The van der Waals surface area contributed by atoms with Crippen LogP contribution in [0.3, 0.4) is 0 Å². The van der Waals surface area contributed by atoms with Gasteiger partial charge in [-0.2, -0.15) is 0 Å². The quantitative estimate of drug-likeness (QED) is 0.887.